The third kappa shape index (κ3) is 3.61. The maximum absolute atomic E-state index is 5.81. The zero-order valence-electron chi connectivity index (χ0n) is 11.2. The van der Waals surface area contributed by atoms with Crippen molar-refractivity contribution in [3.63, 3.8) is 0 Å². The van der Waals surface area contributed by atoms with Crippen LogP contribution in [0.1, 0.15) is 13.8 Å². The first-order valence-electron chi connectivity index (χ1n) is 6.46. The molecular weight excluding hydrogens is 258 g/mol. The number of halogens is 1. The van der Waals surface area contributed by atoms with E-state index in [1.54, 1.807) is 6.20 Å². The fourth-order valence-corrected chi connectivity index (χ4v) is 2.05. The van der Waals surface area contributed by atoms with Crippen molar-refractivity contribution in [2.45, 2.75) is 13.8 Å². The maximum atomic E-state index is 5.81. The molecule has 1 aromatic heterocycles. The van der Waals surface area contributed by atoms with Crippen LogP contribution in [0.15, 0.2) is 42.6 Å². The zero-order chi connectivity index (χ0) is 13.7. The van der Waals surface area contributed by atoms with Gasteiger partial charge in [0.1, 0.15) is 5.82 Å². The molecule has 0 saturated carbocycles. The van der Waals surface area contributed by atoms with Crippen LogP contribution in [0.25, 0.3) is 0 Å². The number of anilines is 3. The van der Waals surface area contributed by atoms with Crippen molar-refractivity contribution in [3.8, 4) is 0 Å². The molecular formula is C15H18ClN3. The van der Waals surface area contributed by atoms with Crippen molar-refractivity contribution >= 4 is 28.8 Å². The van der Waals surface area contributed by atoms with Gasteiger partial charge in [0, 0.05) is 30.7 Å². The summed E-state index contributed by atoms with van der Waals surface area (Å²) in [4.78, 5) is 6.52. The SMILES string of the molecule is CCN(CC)c1ccc(Nc2ccc(Cl)cn2)cc1. The number of hydrogen-bond acceptors (Lipinski definition) is 3. The minimum absolute atomic E-state index is 0.641. The Morgan fingerprint density at radius 1 is 1.05 bits per heavy atom. The second kappa shape index (κ2) is 6.43. The number of nitrogens with one attached hydrogen (secondary N) is 1. The van der Waals surface area contributed by atoms with Gasteiger partial charge in [-0.1, -0.05) is 11.6 Å². The molecule has 100 valence electrons. The fraction of sp³-hybridized carbons (Fsp3) is 0.267. The molecule has 1 heterocycles. The van der Waals surface area contributed by atoms with Crippen LogP contribution in [0.3, 0.4) is 0 Å². The highest BCUT2D eigenvalue weighted by Crippen LogP contribution is 2.20. The average Bonchev–Trinajstić information content (AvgIpc) is 2.44. The molecule has 0 aliphatic rings. The summed E-state index contributed by atoms with van der Waals surface area (Å²) < 4.78 is 0. The van der Waals surface area contributed by atoms with E-state index >= 15 is 0 Å². The molecule has 1 N–H and O–H groups in total. The third-order valence-electron chi connectivity index (χ3n) is 3.00. The van der Waals surface area contributed by atoms with Gasteiger partial charge in [-0.15, -0.1) is 0 Å². The summed E-state index contributed by atoms with van der Waals surface area (Å²) in [5.41, 5.74) is 2.25. The molecule has 0 bridgehead atoms. The summed E-state index contributed by atoms with van der Waals surface area (Å²) >= 11 is 5.81. The second-order valence-electron chi connectivity index (χ2n) is 4.21. The lowest BCUT2D eigenvalue weighted by atomic mass is 10.2. The van der Waals surface area contributed by atoms with E-state index in [0.717, 1.165) is 24.6 Å². The summed E-state index contributed by atoms with van der Waals surface area (Å²) in [5.74, 6) is 0.792. The van der Waals surface area contributed by atoms with Gasteiger partial charge in [0.2, 0.25) is 0 Å². The van der Waals surface area contributed by atoms with Gasteiger partial charge in [0.05, 0.1) is 5.02 Å². The van der Waals surface area contributed by atoms with Crippen LogP contribution in [0, 0.1) is 0 Å². The number of aromatic nitrogens is 1. The molecule has 0 saturated heterocycles. The van der Waals surface area contributed by atoms with Crippen LogP contribution >= 0.6 is 11.6 Å². The van der Waals surface area contributed by atoms with Gasteiger partial charge in [-0.3, -0.25) is 0 Å². The van der Waals surface area contributed by atoms with E-state index in [0.29, 0.717) is 5.02 Å². The summed E-state index contributed by atoms with van der Waals surface area (Å²) in [6.45, 7) is 6.35. The minimum Gasteiger partial charge on any atom is -0.372 e. The van der Waals surface area contributed by atoms with Gasteiger partial charge in [0.25, 0.3) is 0 Å². The molecule has 3 nitrogen and oxygen atoms in total. The van der Waals surface area contributed by atoms with Gasteiger partial charge in [0.15, 0.2) is 0 Å². The van der Waals surface area contributed by atoms with Gasteiger partial charge < -0.3 is 10.2 Å². The smallest absolute Gasteiger partial charge is 0.130 e. The lowest BCUT2D eigenvalue weighted by Crippen LogP contribution is -2.21. The normalized spacial score (nSPS) is 10.3. The Balaban J connectivity index is 2.08. The van der Waals surface area contributed by atoms with Crippen molar-refractivity contribution in [3.05, 3.63) is 47.6 Å². The van der Waals surface area contributed by atoms with Crippen molar-refractivity contribution in [2.75, 3.05) is 23.3 Å². The van der Waals surface area contributed by atoms with Crippen LogP contribution in [-0.4, -0.2) is 18.1 Å². The van der Waals surface area contributed by atoms with Gasteiger partial charge >= 0.3 is 0 Å². The molecule has 2 rings (SSSR count). The highest BCUT2D eigenvalue weighted by atomic mass is 35.5. The van der Waals surface area contributed by atoms with E-state index in [2.05, 4.69) is 53.3 Å². The Morgan fingerprint density at radius 3 is 2.26 bits per heavy atom. The molecule has 0 aliphatic carbocycles. The van der Waals surface area contributed by atoms with E-state index in [-0.39, 0.29) is 0 Å². The fourth-order valence-electron chi connectivity index (χ4n) is 1.94. The number of pyridine rings is 1. The van der Waals surface area contributed by atoms with Crippen LogP contribution in [0.4, 0.5) is 17.2 Å². The number of rotatable bonds is 5. The van der Waals surface area contributed by atoms with Crippen molar-refractivity contribution in [1.29, 1.82) is 0 Å². The van der Waals surface area contributed by atoms with Gasteiger partial charge in [-0.2, -0.15) is 0 Å². The predicted octanol–water partition coefficient (Wildman–Crippen LogP) is 4.32. The van der Waals surface area contributed by atoms with Gasteiger partial charge in [-0.25, -0.2) is 4.98 Å². The Kier molecular flexibility index (Phi) is 4.63. The van der Waals surface area contributed by atoms with Crippen LogP contribution in [0.5, 0.6) is 0 Å². The maximum Gasteiger partial charge on any atom is 0.130 e. The molecule has 4 heteroatoms. The topological polar surface area (TPSA) is 28.2 Å². The standard InChI is InChI=1S/C15H18ClN3/c1-3-19(4-2)14-8-6-13(7-9-14)18-15-10-5-12(16)11-17-15/h5-11H,3-4H2,1-2H3,(H,17,18). The number of benzene rings is 1. The second-order valence-corrected chi connectivity index (χ2v) is 4.64. The minimum atomic E-state index is 0.641. The molecule has 0 spiro atoms. The summed E-state index contributed by atoms with van der Waals surface area (Å²) in [6, 6.07) is 12.0. The van der Waals surface area contributed by atoms with Crippen LogP contribution < -0.4 is 10.2 Å². The third-order valence-corrected chi connectivity index (χ3v) is 3.22. The molecule has 2 aromatic rings. The molecule has 0 aliphatic heterocycles. The van der Waals surface area contributed by atoms with E-state index in [9.17, 15) is 0 Å². The first-order chi connectivity index (χ1) is 9.22. The molecule has 1 aromatic carbocycles. The predicted molar refractivity (Wildman–Crippen MR) is 82.5 cm³/mol. The average molecular weight is 276 g/mol. The van der Waals surface area contributed by atoms with Crippen LogP contribution in [-0.2, 0) is 0 Å². The van der Waals surface area contributed by atoms with E-state index in [4.69, 9.17) is 11.6 Å². The monoisotopic (exact) mass is 275 g/mol. The largest absolute Gasteiger partial charge is 0.372 e. The van der Waals surface area contributed by atoms with E-state index < -0.39 is 0 Å². The van der Waals surface area contributed by atoms with Crippen LogP contribution in [0.2, 0.25) is 5.02 Å². The molecule has 0 atom stereocenters. The molecule has 19 heavy (non-hydrogen) atoms. The van der Waals surface area contributed by atoms with Crippen molar-refractivity contribution in [2.24, 2.45) is 0 Å². The number of hydrogen-bond donors (Lipinski definition) is 1. The zero-order valence-corrected chi connectivity index (χ0v) is 12.0. The lowest BCUT2D eigenvalue weighted by molar-refractivity contribution is 0.866. The Bertz CT molecular complexity index is 504. The Hall–Kier alpha value is -1.74. The summed E-state index contributed by atoms with van der Waals surface area (Å²) in [6.07, 6.45) is 1.63. The summed E-state index contributed by atoms with van der Waals surface area (Å²) in [5, 5.41) is 3.89. The molecule has 0 radical (unpaired) electrons. The molecule has 0 amide bonds. The van der Waals surface area contributed by atoms with E-state index in [1.165, 1.54) is 5.69 Å². The highest BCUT2D eigenvalue weighted by molar-refractivity contribution is 6.30. The molecule has 0 unspecified atom stereocenters. The first-order valence-corrected chi connectivity index (χ1v) is 6.84. The Morgan fingerprint density at radius 2 is 1.74 bits per heavy atom. The Labute approximate surface area is 119 Å². The van der Waals surface area contributed by atoms with Crippen molar-refractivity contribution in [1.82, 2.24) is 4.98 Å². The van der Waals surface area contributed by atoms with Crippen molar-refractivity contribution < 1.29 is 0 Å². The number of nitrogens with zero attached hydrogens (tertiary/aromatic N) is 2. The lowest BCUT2D eigenvalue weighted by Gasteiger charge is -2.21. The first kappa shape index (κ1) is 13.7. The molecule has 0 fully saturated rings. The quantitative estimate of drug-likeness (QED) is 0.881. The van der Waals surface area contributed by atoms with E-state index in [1.807, 2.05) is 12.1 Å². The highest BCUT2D eigenvalue weighted by Gasteiger charge is 2.01. The summed E-state index contributed by atoms with van der Waals surface area (Å²) in [7, 11) is 0. The van der Waals surface area contributed by atoms with Gasteiger partial charge in [-0.05, 0) is 50.2 Å².